The normalized spacial score (nSPS) is 13.3. The van der Waals surface area contributed by atoms with Gasteiger partial charge in [-0.05, 0) is 35.7 Å². The summed E-state index contributed by atoms with van der Waals surface area (Å²) in [5, 5.41) is 0.852. The summed E-state index contributed by atoms with van der Waals surface area (Å²) in [6.45, 7) is 0. The molecule has 0 aliphatic rings. The van der Waals surface area contributed by atoms with Crippen LogP contribution in [0.4, 0.5) is 0 Å². The van der Waals surface area contributed by atoms with Gasteiger partial charge in [-0.2, -0.15) is 8.42 Å². The second-order valence-corrected chi connectivity index (χ2v) is 7.77. The maximum absolute atomic E-state index is 11.8. The molecule has 0 spiro atoms. The molecule has 2 aromatic carbocycles. The molecule has 10 heteroatoms. The van der Waals surface area contributed by atoms with Gasteiger partial charge in [-0.15, -0.1) is 0 Å². The van der Waals surface area contributed by atoms with Crippen LogP contribution in [0.5, 0.6) is 0 Å². The third-order valence-corrected chi connectivity index (χ3v) is 5.34. The van der Waals surface area contributed by atoms with Crippen molar-refractivity contribution in [2.45, 2.75) is 9.79 Å². The molecule has 0 aliphatic heterocycles. The number of oxazole rings is 1. The van der Waals surface area contributed by atoms with Gasteiger partial charge in [-0.25, -0.2) is 9.19 Å². The van der Waals surface area contributed by atoms with Gasteiger partial charge in [0, 0.05) is 23.3 Å². The number of rotatable bonds is 3. The molecular weight excluding hydrogens is 380 g/mol. The highest BCUT2D eigenvalue weighted by Crippen LogP contribution is 2.35. The van der Waals surface area contributed by atoms with E-state index in [1.165, 1.54) is 30.6 Å². The van der Waals surface area contributed by atoms with Crippen molar-refractivity contribution < 1.29 is 26.1 Å². The van der Waals surface area contributed by atoms with Crippen molar-refractivity contribution in [3.63, 3.8) is 0 Å². The van der Waals surface area contributed by atoms with Gasteiger partial charge in [0.1, 0.15) is 10.4 Å². The summed E-state index contributed by atoms with van der Waals surface area (Å²) in [5.74, 6) is 0.162. The Hall–Kier alpha value is -2.66. The first-order chi connectivity index (χ1) is 12.3. The van der Waals surface area contributed by atoms with Crippen LogP contribution in [-0.4, -0.2) is 31.7 Å². The van der Waals surface area contributed by atoms with E-state index >= 15 is 0 Å². The molecule has 26 heavy (non-hydrogen) atoms. The van der Waals surface area contributed by atoms with E-state index in [4.69, 9.17) is 4.42 Å². The lowest BCUT2D eigenvalue weighted by molar-refractivity contribution is 0.482. The molecule has 0 radical (unpaired) electrons. The smallest absolute Gasteiger partial charge is 0.298 e. The molecule has 0 bridgehead atoms. The number of hydrogen-bond acceptors (Lipinski definition) is 6. The fourth-order valence-corrected chi connectivity index (χ4v) is 3.73. The molecule has 0 fully saturated rings. The summed E-state index contributed by atoms with van der Waals surface area (Å²) in [4.78, 5) is 7.88. The van der Waals surface area contributed by atoms with Crippen LogP contribution in [0.2, 0.25) is 0 Å². The topological polar surface area (TPSA) is 131 Å². The minimum atomic E-state index is -4.61. The van der Waals surface area contributed by atoms with Crippen LogP contribution < -0.4 is 0 Å². The molecule has 4 rings (SSSR count). The summed E-state index contributed by atoms with van der Waals surface area (Å²) in [7, 11) is -4.61. The van der Waals surface area contributed by atoms with Crippen LogP contribution in [0.25, 0.3) is 33.3 Å². The van der Waals surface area contributed by atoms with Crippen LogP contribution in [0.1, 0.15) is 0 Å². The van der Waals surface area contributed by atoms with Gasteiger partial charge < -0.3 is 8.97 Å². The molecule has 1 unspecified atom stereocenters. The Kier molecular flexibility index (Phi) is 3.84. The SMILES string of the molecule is O=S(O)c1ccc2c(c1)cc(S(=O)(=O)O)c1oc(-c3ccncc3)nc12. The molecule has 2 aromatic heterocycles. The molecule has 132 valence electrons. The van der Waals surface area contributed by atoms with Crippen LogP contribution in [-0.2, 0) is 21.2 Å². The molecule has 2 heterocycles. The second kappa shape index (κ2) is 5.95. The number of nitrogens with zero attached hydrogens (tertiary/aromatic N) is 2. The summed E-state index contributed by atoms with van der Waals surface area (Å²) in [6, 6.07) is 8.82. The maximum atomic E-state index is 11.8. The number of fused-ring (bicyclic) bond motifs is 3. The molecule has 0 saturated carbocycles. The van der Waals surface area contributed by atoms with Gasteiger partial charge in [-0.3, -0.25) is 9.54 Å². The van der Waals surface area contributed by atoms with E-state index in [0.717, 1.165) is 0 Å². The van der Waals surface area contributed by atoms with E-state index < -0.39 is 26.1 Å². The van der Waals surface area contributed by atoms with Crippen molar-refractivity contribution in [2.24, 2.45) is 0 Å². The first kappa shape index (κ1) is 16.8. The predicted molar refractivity (Wildman–Crippen MR) is 93.6 cm³/mol. The van der Waals surface area contributed by atoms with Gasteiger partial charge in [0.2, 0.25) is 5.89 Å². The Bertz CT molecular complexity index is 1280. The fraction of sp³-hybridized carbons (Fsp3) is 0. The van der Waals surface area contributed by atoms with Crippen molar-refractivity contribution in [1.29, 1.82) is 0 Å². The van der Waals surface area contributed by atoms with Crippen molar-refractivity contribution in [1.82, 2.24) is 9.97 Å². The molecule has 8 nitrogen and oxygen atoms in total. The van der Waals surface area contributed by atoms with E-state index in [9.17, 15) is 21.7 Å². The molecule has 4 aromatic rings. The van der Waals surface area contributed by atoms with Crippen molar-refractivity contribution in [2.75, 3.05) is 0 Å². The molecule has 0 amide bonds. The third-order valence-electron chi connectivity index (χ3n) is 3.82. The molecular formula is C16H10N2O6S2. The largest absolute Gasteiger partial charge is 0.435 e. The van der Waals surface area contributed by atoms with Crippen LogP contribution in [0, 0.1) is 0 Å². The van der Waals surface area contributed by atoms with E-state index in [1.54, 1.807) is 18.2 Å². The highest BCUT2D eigenvalue weighted by atomic mass is 32.2. The van der Waals surface area contributed by atoms with Gasteiger partial charge in [0.25, 0.3) is 10.1 Å². The van der Waals surface area contributed by atoms with Crippen molar-refractivity contribution in [3.05, 3.63) is 48.8 Å². The monoisotopic (exact) mass is 390 g/mol. The lowest BCUT2D eigenvalue weighted by atomic mass is 10.1. The first-order valence-corrected chi connectivity index (χ1v) is 9.75. The van der Waals surface area contributed by atoms with Gasteiger partial charge >= 0.3 is 0 Å². The van der Waals surface area contributed by atoms with E-state index in [0.29, 0.717) is 16.3 Å². The number of aromatic nitrogens is 2. The van der Waals surface area contributed by atoms with Crippen LogP contribution in [0.3, 0.4) is 0 Å². The van der Waals surface area contributed by atoms with Crippen molar-refractivity contribution in [3.8, 4) is 11.5 Å². The van der Waals surface area contributed by atoms with E-state index in [-0.39, 0.29) is 21.9 Å². The van der Waals surface area contributed by atoms with Crippen molar-refractivity contribution >= 4 is 43.1 Å². The fourth-order valence-electron chi connectivity index (χ4n) is 2.67. The lowest BCUT2D eigenvalue weighted by Gasteiger charge is -2.04. The minimum absolute atomic E-state index is 0.0929. The summed E-state index contributed by atoms with van der Waals surface area (Å²) in [5.41, 5.74) is 0.709. The zero-order chi connectivity index (χ0) is 18.5. The Morgan fingerprint density at radius 3 is 2.46 bits per heavy atom. The zero-order valence-corrected chi connectivity index (χ0v) is 14.5. The highest BCUT2D eigenvalue weighted by Gasteiger charge is 2.23. The number of pyridine rings is 1. The summed E-state index contributed by atoms with van der Waals surface area (Å²) in [6.07, 6.45) is 3.07. The summed E-state index contributed by atoms with van der Waals surface area (Å²) >= 11 is -2.23. The van der Waals surface area contributed by atoms with Gasteiger partial charge in [-0.1, -0.05) is 6.07 Å². The zero-order valence-electron chi connectivity index (χ0n) is 12.9. The average molecular weight is 390 g/mol. The molecule has 1 atom stereocenters. The first-order valence-electron chi connectivity index (χ1n) is 7.20. The molecule has 0 aliphatic carbocycles. The van der Waals surface area contributed by atoms with E-state index in [2.05, 4.69) is 9.97 Å². The summed E-state index contributed by atoms with van der Waals surface area (Å²) < 4.78 is 59.3. The Labute approximate surface area is 149 Å². The Morgan fingerprint density at radius 1 is 1.08 bits per heavy atom. The van der Waals surface area contributed by atoms with E-state index in [1.807, 2.05) is 0 Å². The van der Waals surface area contributed by atoms with Crippen LogP contribution in [0.15, 0.2) is 63.0 Å². The lowest BCUT2D eigenvalue weighted by Crippen LogP contribution is -1.99. The Balaban J connectivity index is 2.12. The molecule has 2 N–H and O–H groups in total. The average Bonchev–Trinajstić information content (AvgIpc) is 3.05. The quantitative estimate of drug-likeness (QED) is 0.403. The third kappa shape index (κ3) is 2.78. The van der Waals surface area contributed by atoms with Gasteiger partial charge in [0.05, 0.1) is 4.90 Å². The molecule has 0 saturated heterocycles. The predicted octanol–water partition coefficient (Wildman–Crippen LogP) is 2.87. The maximum Gasteiger partial charge on any atom is 0.298 e. The van der Waals surface area contributed by atoms with Crippen LogP contribution >= 0.6 is 0 Å². The number of hydrogen-bond donors (Lipinski definition) is 2. The van der Waals surface area contributed by atoms with Gasteiger partial charge in [0.15, 0.2) is 16.7 Å². The second-order valence-electron chi connectivity index (χ2n) is 5.41. The standard InChI is InChI=1S/C16H10N2O6S2/c19-25(20)11-1-2-12-10(7-11)8-13(26(21,22)23)15-14(12)18-16(24-15)9-3-5-17-6-4-9/h1-8H,(H,19,20)(H,21,22,23). The number of benzene rings is 2. The Morgan fingerprint density at radius 2 is 1.81 bits per heavy atom. The highest BCUT2D eigenvalue weighted by molar-refractivity contribution is 7.86. The minimum Gasteiger partial charge on any atom is -0.435 e.